The highest BCUT2D eigenvalue weighted by Crippen LogP contribution is 2.35. The number of hydrogen-bond acceptors (Lipinski definition) is 4. The molecule has 4 rings (SSSR count). The molecule has 7 nitrogen and oxygen atoms in total. The second kappa shape index (κ2) is 8.13. The van der Waals surface area contributed by atoms with Crippen molar-refractivity contribution in [2.24, 2.45) is 7.05 Å². The highest BCUT2D eigenvalue weighted by Gasteiger charge is 2.36. The minimum absolute atomic E-state index is 0.0528. The largest absolute Gasteiger partial charge is 0.357 e. The van der Waals surface area contributed by atoms with Gasteiger partial charge in [0.1, 0.15) is 5.82 Å². The zero-order valence-corrected chi connectivity index (χ0v) is 17.5. The van der Waals surface area contributed by atoms with Gasteiger partial charge in [-0.3, -0.25) is 9.36 Å². The Kier molecular flexibility index (Phi) is 5.51. The number of pyridine rings is 1. The van der Waals surface area contributed by atoms with E-state index in [1.165, 1.54) is 4.57 Å². The van der Waals surface area contributed by atoms with Crippen molar-refractivity contribution >= 4 is 22.8 Å². The Balaban J connectivity index is 1.36. The predicted molar refractivity (Wildman–Crippen MR) is 115 cm³/mol. The molecule has 1 fully saturated rings. The number of nitrogens with zero attached hydrogens (tertiary/aromatic N) is 3. The van der Waals surface area contributed by atoms with E-state index in [-0.39, 0.29) is 30.5 Å². The number of alkyl halides is 2. The Morgan fingerprint density at radius 3 is 2.71 bits per heavy atom. The van der Waals surface area contributed by atoms with Gasteiger partial charge in [0.15, 0.2) is 0 Å². The number of aromatic nitrogens is 3. The monoisotopic (exact) mass is 429 g/mol. The molecule has 2 N–H and O–H groups in total. The number of carbonyl (C=O) groups is 1. The summed E-state index contributed by atoms with van der Waals surface area (Å²) in [5.74, 6) is -2.08. The summed E-state index contributed by atoms with van der Waals surface area (Å²) >= 11 is 0. The molecule has 0 saturated heterocycles. The summed E-state index contributed by atoms with van der Waals surface area (Å²) in [5.41, 5.74) is 2.38. The lowest BCUT2D eigenvalue weighted by Gasteiger charge is -2.35. The number of imidazole rings is 1. The van der Waals surface area contributed by atoms with Crippen molar-refractivity contribution in [3.05, 3.63) is 58.1 Å². The smallest absolute Gasteiger partial charge is 0.326 e. The first kappa shape index (κ1) is 21.0. The van der Waals surface area contributed by atoms with Crippen LogP contribution in [0.15, 0.2) is 41.3 Å². The van der Waals surface area contributed by atoms with Crippen LogP contribution in [0.2, 0.25) is 0 Å². The first-order chi connectivity index (χ1) is 14.7. The summed E-state index contributed by atoms with van der Waals surface area (Å²) in [6, 6.07) is 8.82. The SMILES string of the molecule is CN(c1ccc(CNC(=O)c2ccc3c(c2)[nH]c(=O)n3C)cn1)C1CCC(F)(F)CC1. The van der Waals surface area contributed by atoms with Crippen LogP contribution >= 0.6 is 0 Å². The Morgan fingerprint density at radius 1 is 1.29 bits per heavy atom. The van der Waals surface area contributed by atoms with E-state index >= 15 is 0 Å². The predicted octanol–water partition coefficient (Wildman–Crippen LogP) is 3.21. The minimum atomic E-state index is -2.55. The van der Waals surface area contributed by atoms with Crippen LogP contribution in [0.3, 0.4) is 0 Å². The van der Waals surface area contributed by atoms with Gasteiger partial charge in [0.05, 0.1) is 11.0 Å². The van der Waals surface area contributed by atoms with Crippen molar-refractivity contribution in [1.82, 2.24) is 19.9 Å². The van der Waals surface area contributed by atoms with Crippen molar-refractivity contribution < 1.29 is 13.6 Å². The molecule has 0 atom stereocenters. The first-order valence-corrected chi connectivity index (χ1v) is 10.3. The van der Waals surface area contributed by atoms with Gasteiger partial charge in [-0.1, -0.05) is 6.07 Å². The number of H-pyrrole nitrogens is 1. The van der Waals surface area contributed by atoms with Crippen LogP contribution in [0.25, 0.3) is 11.0 Å². The molecule has 164 valence electrons. The Morgan fingerprint density at radius 2 is 2.03 bits per heavy atom. The van der Waals surface area contributed by atoms with Gasteiger partial charge in [0, 0.05) is 51.3 Å². The summed E-state index contributed by atoms with van der Waals surface area (Å²) in [6.07, 6.45) is 2.39. The zero-order valence-electron chi connectivity index (χ0n) is 17.5. The minimum Gasteiger partial charge on any atom is -0.357 e. The second-order valence-corrected chi connectivity index (χ2v) is 8.13. The highest BCUT2D eigenvalue weighted by atomic mass is 19.3. The van der Waals surface area contributed by atoms with E-state index in [9.17, 15) is 18.4 Å². The average molecular weight is 429 g/mol. The van der Waals surface area contributed by atoms with E-state index in [4.69, 9.17) is 0 Å². The van der Waals surface area contributed by atoms with Crippen molar-refractivity contribution in [3.63, 3.8) is 0 Å². The molecule has 2 aromatic heterocycles. The number of benzene rings is 1. The number of nitrogens with one attached hydrogen (secondary N) is 2. The van der Waals surface area contributed by atoms with Crippen LogP contribution in [-0.2, 0) is 13.6 Å². The fourth-order valence-corrected chi connectivity index (χ4v) is 3.99. The molecular weight excluding hydrogens is 404 g/mol. The molecule has 2 heterocycles. The van der Waals surface area contributed by atoms with E-state index in [1.54, 1.807) is 31.4 Å². The molecule has 1 aromatic carbocycles. The average Bonchev–Trinajstić information content (AvgIpc) is 3.05. The maximum absolute atomic E-state index is 13.4. The van der Waals surface area contributed by atoms with Gasteiger partial charge in [-0.25, -0.2) is 18.6 Å². The molecule has 1 aliphatic rings. The number of fused-ring (bicyclic) bond motifs is 1. The molecule has 0 aliphatic heterocycles. The van der Waals surface area contributed by atoms with E-state index in [0.29, 0.717) is 30.5 Å². The third-order valence-corrected chi connectivity index (χ3v) is 6.02. The summed E-state index contributed by atoms with van der Waals surface area (Å²) in [4.78, 5) is 33.3. The van der Waals surface area contributed by atoms with E-state index < -0.39 is 5.92 Å². The van der Waals surface area contributed by atoms with E-state index in [2.05, 4.69) is 15.3 Å². The zero-order chi connectivity index (χ0) is 22.2. The maximum atomic E-state index is 13.4. The van der Waals surface area contributed by atoms with Crippen LogP contribution in [0.1, 0.15) is 41.6 Å². The number of amides is 1. The summed E-state index contributed by atoms with van der Waals surface area (Å²) < 4.78 is 28.2. The second-order valence-electron chi connectivity index (χ2n) is 8.13. The molecule has 0 unspecified atom stereocenters. The van der Waals surface area contributed by atoms with Crippen LogP contribution < -0.4 is 15.9 Å². The lowest BCUT2D eigenvalue weighted by atomic mass is 9.91. The number of rotatable bonds is 5. The number of carbonyl (C=O) groups excluding carboxylic acids is 1. The van der Waals surface area contributed by atoms with Gasteiger partial charge in [0.2, 0.25) is 5.92 Å². The number of hydrogen-bond donors (Lipinski definition) is 2. The molecule has 1 aliphatic carbocycles. The van der Waals surface area contributed by atoms with E-state index in [1.807, 2.05) is 24.1 Å². The fraction of sp³-hybridized carbons (Fsp3) is 0.409. The van der Waals surface area contributed by atoms with Crippen LogP contribution in [0, 0.1) is 0 Å². The molecule has 0 spiro atoms. The lowest BCUT2D eigenvalue weighted by Crippen LogP contribution is -2.38. The van der Waals surface area contributed by atoms with Crippen molar-refractivity contribution in [1.29, 1.82) is 0 Å². The van der Waals surface area contributed by atoms with Gasteiger partial charge in [-0.2, -0.15) is 0 Å². The molecule has 3 aromatic rings. The Bertz CT molecular complexity index is 1140. The Labute approximate surface area is 178 Å². The molecule has 0 radical (unpaired) electrons. The van der Waals surface area contributed by atoms with Crippen LogP contribution in [-0.4, -0.2) is 39.5 Å². The van der Waals surface area contributed by atoms with Gasteiger partial charge in [0.25, 0.3) is 5.91 Å². The third kappa shape index (κ3) is 4.45. The van der Waals surface area contributed by atoms with E-state index in [0.717, 1.165) is 16.9 Å². The summed E-state index contributed by atoms with van der Waals surface area (Å²) in [7, 11) is 3.54. The van der Waals surface area contributed by atoms with Gasteiger partial charge in [-0.15, -0.1) is 0 Å². The number of halogens is 2. The van der Waals surface area contributed by atoms with Gasteiger partial charge < -0.3 is 15.2 Å². The topological polar surface area (TPSA) is 83.0 Å². The van der Waals surface area contributed by atoms with Gasteiger partial charge in [-0.05, 0) is 42.7 Å². The highest BCUT2D eigenvalue weighted by molar-refractivity contribution is 5.97. The van der Waals surface area contributed by atoms with Crippen molar-refractivity contribution in [2.75, 3.05) is 11.9 Å². The molecule has 1 saturated carbocycles. The lowest BCUT2D eigenvalue weighted by molar-refractivity contribution is -0.0378. The quantitative estimate of drug-likeness (QED) is 0.653. The molecule has 9 heteroatoms. The standard InChI is InChI=1S/C22H25F2N5O2/c1-28(16-7-9-22(23,24)10-8-16)19-6-3-14(12-25-19)13-26-20(30)15-4-5-18-17(11-15)27-21(31)29(18)2/h3-6,11-12,16H,7-10,13H2,1-2H3,(H,26,30)(H,27,31). The van der Waals surface area contributed by atoms with Crippen molar-refractivity contribution in [2.45, 2.75) is 44.2 Å². The fourth-order valence-electron chi connectivity index (χ4n) is 3.99. The first-order valence-electron chi connectivity index (χ1n) is 10.3. The van der Waals surface area contributed by atoms with Crippen LogP contribution in [0.4, 0.5) is 14.6 Å². The summed E-state index contributed by atoms with van der Waals surface area (Å²) in [6.45, 7) is 0.300. The Hall–Kier alpha value is -3.23. The number of aromatic amines is 1. The molecular formula is C22H25F2N5O2. The molecule has 1 amide bonds. The molecule has 0 bridgehead atoms. The summed E-state index contributed by atoms with van der Waals surface area (Å²) in [5, 5.41) is 2.85. The maximum Gasteiger partial charge on any atom is 0.326 e. The number of anilines is 1. The van der Waals surface area contributed by atoms with Crippen LogP contribution in [0.5, 0.6) is 0 Å². The van der Waals surface area contributed by atoms with Crippen molar-refractivity contribution in [3.8, 4) is 0 Å². The molecule has 31 heavy (non-hydrogen) atoms. The normalized spacial score (nSPS) is 16.4. The van der Waals surface area contributed by atoms with Gasteiger partial charge >= 0.3 is 5.69 Å². The number of aryl methyl sites for hydroxylation is 1. The third-order valence-electron chi connectivity index (χ3n) is 6.02.